The van der Waals surface area contributed by atoms with Gasteiger partial charge in [-0.2, -0.15) is 0 Å². The highest BCUT2D eigenvalue weighted by Gasteiger charge is 2.14. The van der Waals surface area contributed by atoms with Crippen molar-refractivity contribution in [2.24, 2.45) is 0 Å². The summed E-state index contributed by atoms with van der Waals surface area (Å²) >= 11 is 1.32. The smallest absolute Gasteiger partial charge is 0.226 e. The minimum absolute atomic E-state index is 0.0470. The third-order valence-corrected chi connectivity index (χ3v) is 5.60. The van der Waals surface area contributed by atoms with Crippen LogP contribution in [0.1, 0.15) is 34.3 Å². The number of nitrogens with one attached hydrogen (secondary N) is 1. The molecule has 156 valence electrons. The number of ketones is 1. The largest absolute Gasteiger partial charge is 0.497 e. The fraction of sp³-hybridized carbons (Fsp3) is 0.261. The third-order valence-electron chi connectivity index (χ3n) is 4.84. The van der Waals surface area contributed by atoms with E-state index in [4.69, 9.17) is 9.47 Å². The van der Waals surface area contributed by atoms with E-state index in [1.165, 1.54) is 11.3 Å². The van der Waals surface area contributed by atoms with Crippen LogP contribution in [0.2, 0.25) is 0 Å². The molecular formula is C23H24N2O4S. The number of anilines is 1. The first-order valence-electron chi connectivity index (χ1n) is 9.49. The molecule has 1 N–H and O–H groups in total. The van der Waals surface area contributed by atoms with Crippen molar-refractivity contribution in [3.63, 3.8) is 0 Å². The number of carbonyl (C=O) groups excluding carboxylic acids is 2. The van der Waals surface area contributed by atoms with Gasteiger partial charge in [0.05, 0.1) is 19.9 Å². The van der Waals surface area contributed by atoms with Gasteiger partial charge in [0.25, 0.3) is 0 Å². The summed E-state index contributed by atoms with van der Waals surface area (Å²) in [5.74, 6) is 1.06. The second-order valence-corrected chi connectivity index (χ2v) is 7.73. The maximum atomic E-state index is 12.4. The first kappa shape index (κ1) is 21.5. The molecule has 2 aromatic carbocycles. The number of benzene rings is 2. The highest BCUT2D eigenvalue weighted by atomic mass is 32.1. The van der Waals surface area contributed by atoms with Crippen molar-refractivity contribution in [1.29, 1.82) is 0 Å². The minimum atomic E-state index is -0.245. The Morgan fingerprint density at radius 2 is 1.80 bits per heavy atom. The van der Waals surface area contributed by atoms with E-state index in [-0.39, 0.29) is 24.5 Å². The van der Waals surface area contributed by atoms with Crippen LogP contribution < -0.4 is 14.8 Å². The molecule has 3 aromatic rings. The molecule has 1 aromatic heterocycles. The molecule has 0 saturated carbocycles. The van der Waals surface area contributed by atoms with Gasteiger partial charge in [-0.25, -0.2) is 4.98 Å². The standard InChI is InChI=1S/C23H24N2O4S/c1-14-5-6-16(11-15(14)2)20(26)8-10-22(27)25-23-24-19(13-30-23)18-12-17(28-3)7-9-21(18)29-4/h5-7,9,11-13H,8,10H2,1-4H3,(H,24,25,27). The molecule has 7 heteroatoms. The van der Waals surface area contributed by atoms with Crippen LogP contribution in [0.25, 0.3) is 11.3 Å². The molecule has 0 atom stereocenters. The normalized spacial score (nSPS) is 10.5. The summed E-state index contributed by atoms with van der Waals surface area (Å²) in [5.41, 5.74) is 4.29. The molecule has 1 amide bonds. The molecule has 30 heavy (non-hydrogen) atoms. The van der Waals surface area contributed by atoms with Gasteiger partial charge in [-0.05, 0) is 49.2 Å². The number of hydrogen-bond acceptors (Lipinski definition) is 6. The van der Waals surface area contributed by atoms with Gasteiger partial charge < -0.3 is 14.8 Å². The van der Waals surface area contributed by atoms with E-state index in [2.05, 4.69) is 10.3 Å². The van der Waals surface area contributed by atoms with E-state index < -0.39 is 0 Å². The predicted molar refractivity (Wildman–Crippen MR) is 119 cm³/mol. The maximum absolute atomic E-state index is 12.4. The summed E-state index contributed by atoms with van der Waals surface area (Å²) in [7, 11) is 3.18. The summed E-state index contributed by atoms with van der Waals surface area (Å²) in [6.07, 6.45) is 0.249. The Morgan fingerprint density at radius 1 is 1.00 bits per heavy atom. The number of amides is 1. The summed E-state index contributed by atoms with van der Waals surface area (Å²) in [4.78, 5) is 29.1. The van der Waals surface area contributed by atoms with E-state index in [0.717, 1.165) is 16.7 Å². The van der Waals surface area contributed by atoms with Gasteiger partial charge in [0, 0.05) is 29.3 Å². The Labute approximate surface area is 179 Å². The lowest BCUT2D eigenvalue weighted by atomic mass is 10.0. The fourth-order valence-electron chi connectivity index (χ4n) is 2.94. The molecule has 0 fully saturated rings. The summed E-state index contributed by atoms with van der Waals surface area (Å²) in [5, 5.41) is 5.08. The number of hydrogen-bond donors (Lipinski definition) is 1. The average molecular weight is 425 g/mol. The zero-order valence-electron chi connectivity index (χ0n) is 17.4. The molecular weight excluding hydrogens is 400 g/mol. The molecule has 1 heterocycles. The number of carbonyl (C=O) groups is 2. The van der Waals surface area contributed by atoms with Crippen molar-refractivity contribution >= 4 is 28.2 Å². The minimum Gasteiger partial charge on any atom is -0.497 e. The number of methoxy groups -OCH3 is 2. The van der Waals surface area contributed by atoms with E-state index in [1.54, 1.807) is 20.3 Å². The summed E-state index contributed by atoms with van der Waals surface area (Å²) in [6.45, 7) is 3.97. The predicted octanol–water partition coefficient (Wildman–Crippen LogP) is 5.05. The Bertz CT molecular complexity index is 1070. The lowest BCUT2D eigenvalue weighted by Gasteiger charge is -2.08. The molecule has 0 bridgehead atoms. The van der Waals surface area contributed by atoms with Crippen molar-refractivity contribution in [2.45, 2.75) is 26.7 Å². The first-order chi connectivity index (χ1) is 14.4. The Hall–Kier alpha value is -3.19. The molecule has 0 aliphatic heterocycles. The number of thiazole rings is 1. The Balaban J connectivity index is 1.62. The third kappa shape index (κ3) is 5.04. The molecule has 0 spiro atoms. The van der Waals surface area contributed by atoms with Gasteiger partial charge in [0.2, 0.25) is 5.91 Å². The maximum Gasteiger partial charge on any atom is 0.226 e. The fourth-order valence-corrected chi connectivity index (χ4v) is 3.66. The molecule has 0 aliphatic carbocycles. The summed E-state index contributed by atoms with van der Waals surface area (Å²) in [6, 6.07) is 11.0. The number of rotatable bonds is 8. The molecule has 6 nitrogen and oxygen atoms in total. The Morgan fingerprint density at radius 3 is 2.50 bits per heavy atom. The molecule has 0 radical (unpaired) electrons. The van der Waals surface area contributed by atoms with Gasteiger partial charge in [0.1, 0.15) is 11.5 Å². The van der Waals surface area contributed by atoms with E-state index >= 15 is 0 Å². The SMILES string of the molecule is COc1ccc(OC)c(-c2csc(NC(=O)CCC(=O)c3ccc(C)c(C)c3)n2)c1. The number of nitrogens with zero attached hydrogens (tertiary/aromatic N) is 1. The van der Waals surface area contributed by atoms with E-state index in [0.29, 0.717) is 27.9 Å². The molecule has 0 unspecified atom stereocenters. The van der Waals surface area contributed by atoms with Crippen LogP contribution in [0.4, 0.5) is 5.13 Å². The van der Waals surface area contributed by atoms with Crippen molar-refractivity contribution < 1.29 is 19.1 Å². The summed E-state index contributed by atoms with van der Waals surface area (Å²) < 4.78 is 10.7. The lowest BCUT2D eigenvalue weighted by Crippen LogP contribution is -2.13. The average Bonchev–Trinajstić information content (AvgIpc) is 3.21. The topological polar surface area (TPSA) is 77.5 Å². The van der Waals surface area contributed by atoms with Crippen LogP contribution in [0, 0.1) is 13.8 Å². The van der Waals surface area contributed by atoms with Crippen LogP contribution in [0.5, 0.6) is 11.5 Å². The second kappa shape index (κ2) is 9.54. The number of aryl methyl sites for hydroxylation is 2. The van der Waals surface area contributed by atoms with Gasteiger partial charge in [-0.3, -0.25) is 9.59 Å². The van der Waals surface area contributed by atoms with Crippen molar-refractivity contribution in [3.8, 4) is 22.8 Å². The zero-order valence-corrected chi connectivity index (χ0v) is 18.3. The quantitative estimate of drug-likeness (QED) is 0.512. The molecule has 0 saturated heterocycles. The van der Waals surface area contributed by atoms with Gasteiger partial charge in [0.15, 0.2) is 10.9 Å². The second-order valence-electron chi connectivity index (χ2n) is 6.87. The first-order valence-corrected chi connectivity index (χ1v) is 10.4. The van der Waals surface area contributed by atoms with E-state index in [9.17, 15) is 9.59 Å². The van der Waals surface area contributed by atoms with Crippen molar-refractivity contribution in [2.75, 3.05) is 19.5 Å². The Kier molecular flexibility index (Phi) is 6.84. The van der Waals surface area contributed by atoms with Crippen LogP contribution in [-0.2, 0) is 4.79 Å². The van der Waals surface area contributed by atoms with Crippen LogP contribution in [-0.4, -0.2) is 30.9 Å². The zero-order chi connectivity index (χ0) is 21.7. The van der Waals surface area contributed by atoms with Crippen LogP contribution >= 0.6 is 11.3 Å². The number of Topliss-reactive ketones (excluding diaryl/α,β-unsaturated/α-hetero) is 1. The highest BCUT2D eigenvalue weighted by Crippen LogP contribution is 2.35. The van der Waals surface area contributed by atoms with Gasteiger partial charge in [-0.15, -0.1) is 11.3 Å². The number of ether oxygens (including phenoxy) is 2. The molecule has 3 rings (SSSR count). The van der Waals surface area contributed by atoms with Gasteiger partial charge in [-0.1, -0.05) is 12.1 Å². The lowest BCUT2D eigenvalue weighted by molar-refractivity contribution is -0.116. The van der Waals surface area contributed by atoms with E-state index in [1.807, 2.05) is 49.6 Å². The highest BCUT2D eigenvalue weighted by molar-refractivity contribution is 7.14. The molecule has 0 aliphatic rings. The monoisotopic (exact) mass is 424 g/mol. The van der Waals surface area contributed by atoms with Crippen molar-refractivity contribution in [3.05, 3.63) is 58.5 Å². The number of aromatic nitrogens is 1. The van der Waals surface area contributed by atoms with Gasteiger partial charge >= 0.3 is 0 Å². The van der Waals surface area contributed by atoms with Crippen molar-refractivity contribution in [1.82, 2.24) is 4.98 Å². The van der Waals surface area contributed by atoms with Crippen LogP contribution in [0.3, 0.4) is 0 Å². The van der Waals surface area contributed by atoms with Crippen LogP contribution in [0.15, 0.2) is 41.8 Å².